The van der Waals surface area contributed by atoms with Gasteiger partial charge in [-0.3, -0.25) is 0 Å². The SMILES string of the molecule is CC(C)n1ncnc1CNC1CCCS(=O)(=O)C1. The minimum absolute atomic E-state index is 0.0427. The van der Waals surface area contributed by atoms with E-state index in [1.807, 2.05) is 18.5 Å². The van der Waals surface area contributed by atoms with Gasteiger partial charge in [-0.05, 0) is 26.7 Å². The lowest BCUT2D eigenvalue weighted by Gasteiger charge is -2.23. The molecule has 2 rings (SSSR count). The van der Waals surface area contributed by atoms with Crippen LogP contribution in [0.1, 0.15) is 38.6 Å². The second kappa shape index (κ2) is 5.36. The summed E-state index contributed by atoms with van der Waals surface area (Å²) in [5.74, 6) is 1.42. The molecule has 1 fully saturated rings. The summed E-state index contributed by atoms with van der Waals surface area (Å²) in [6, 6.07) is 0.306. The molecule has 2 heterocycles. The minimum Gasteiger partial charge on any atom is -0.306 e. The molecule has 1 aliphatic rings. The average Bonchev–Trinajstić information content (AvgIpc) is 2.73. The summed E-state index contributed by atoms with van der Waals surface area (Å²) in [7, 11) is -2.85. The van der Waals surface area contributed by atoms with Gasteiger partial charge in [0.15, 0.2) is 9.84 Å². The molecular formula is C11H20N4O2S. The van der Waals surface area contributed by atoms with E-state index in [4.69, 9.17) is 0 Å². The fourth-order valence-corrected chi connectivity index (χ4v) is 3.92. The zero-order valence-electron chi connectivity index (χ0n) is 10.8. The Bertz CT molecular complexity index is 495. The van der Waals surface area contributed by atoms with Crippen molar-refractivity contribution >= 4 is 9.84 Å². The van der Waals surface area contributed by atoms with Crippen LogP contribution in [0.3, 0.4) is 0 Å². The van der Waals surface area contributed by atoms with Gasteiger partial charge in [0.1, 0.15) is 12.2 Å². The van der Waals surface area contributed by atoms with E-state index in [0.29, 0.717) is 12.3 Å². The highest BCUT2D eigenvalue weighted by molar-refractivity contribution is 7.91. The van der Waals surface area contributed by atoms with Gasteiger partial charge in [-0.25, -0.2) is 18.1 Å². The highest BCUT2D eigenvalue weighted by Crippen LogP contribution is 2.13. The number of nitrogens with one attached hydrogen (secondary N) is 1. The summed E-state index contributed by atoms with van der Waals surface area (Å²) in [6.07, 6.45) is 3.19. The van der Waals surface area contributed by atoms with Crippen LogP contribution in [0.2, 0.25) is 0 Å². The van der Waals surface area contributed by atoms with Crippen molar-refractivity contribution in [2.75, 3.05) is 11.5 Å². The number of nitrogens with zero attached hydrogens (tertiary/aromatic N) is 3. The number of rotatable bonds is 4. The first-order chi connectivity index (χ1) is 8.48. The summed E-state index contributed by atoms with van der Waals surface area (Å²) < 4.78 is 24.9. The maximum Gasteiger partial charge on any atom is 0.151 e. The Balaban J connectivity index is 1.93. The molecule has 102 valence electrons. The Labute approximate surface area is 108 Å². The molecule has 0 aromatic carbocycles. The lowest BCUT2D eigenvalue weighted by atomic mass is 10.2. The van der Waals surface area contributed by atoms with Gasteiger partial charge in [0.25, 0.3) is 0 Å². The molecule has 0 amide bonds. The number of hydrogen-bond donors (Lipinski definition) is 1. The third-order valence-corrected chi connectivity index (χ3v) is 4.97. The van der Waals surface area contributed by atoms with Gasteiger partial charge in [-0.1, -0.05) is 0 Å². The van der Waals surface area contributed by atoms with Crippen LogP contribution in [-0.4, -0.2) is 40.7 Å². The Morgan fingerprint density at radius 1 is 1.56 bits per heavy atom. The van der Waals surface area contributed by atoms with Crippen molar-refractivity contribution in [3.05, 3.63) is 12.2 Å². The minimum atomic E-state index is -2.85. The van der Waals surface area contributed by atoms with Crippen molar-refractivity contribution in [3.63, 3.8) is 0 Å². The quantitative estimate of drug-likeness (QED) is 0.865. The maximum absolute atomic E-state index is 11.5. The Hall–Kier alpha value is -0.950. The highest BCUT2D eigenvalue weighted by atomic mass is 32.2. The van der Waals surface area contributed by atoms with Crippen LogP contribution in [0.25, 0.3) is 0 Å². The molecule has 6 nitrogen and oxygen atoms in total. The summed E-state index contributed by atoms with van der Waals surface area (Å²) in [5, 5.41) is 7.43. The standard InChI is InChI=1S/C11H20N4O2S/c1-9(2)15-11(13-8-14-15)6-12-10-4-3-5-18(16,17)7-10/h8-10,12H,3-7H2,1-2H3. The molecule has 1 saturated heterocycles. The van der Waals surface area contributed by atoms with Crippen LogP contribution < -0.4 is 5.32 Å². The van der Waals surface area contributed by atoms with Crippen LogP contribution >= 0.6 is 0 Å². The molecule has 1 aromatic rings. The second-order valence-corrected chi connectivity index (χ2v) is 7.28. The molecule has 1 aliphatic heterocycles. The average molecular weight is 272 g/mol. The smallest absolute Gasteiger partial charge is 0.151 e. The molecular weight excluding hydrogens is 252 g/mol. The van der Waals surface area contributed by atoms with Crippen molar-refractivity contribution < 1.29 is 8.42 Å². The maximum atomic E-state index is 11.5. The first-order valence-corrected chi connectivity index (χ1v) is 8.12. The molecule has 1 aromatic heterocycles. The van der Waals surface area contributed by atoms with Crippen molar-refractivity contribution in [1.82, 2.24) is 20.1 Å². The number of aromatic nitrogens is 3. The van der Waals surface area contributed by atoms with Gasteiger partial charge in [-0.15, -0.1) is 0 Å². The fourth-order valence-electron chi connectivity index (χ4n) is 2.25. The third kappa shape index (κ3) is 3.29. The van der Waals surface area contributed by atoms with Crippen LogP contribution in [-0.2, 0) is 16.4 Å². The molecule has 1 atom stereocenters. The zero-order chi connectivity index (χ0) is 13.2. The van der Waals surface area contributed by atoms with E-state index in [0.717, 1.165) is 18.7 Å². The molecule has 1 unspecified atom stereocenters. The van der Waals surface area contributed by atoms with Gasteiger partial charge in [0.2, 0.25) is 0 Å². The van der Waals surface area contributed by atoms with Gasteiger partial charge >= 0.3 is 0 Å². The van der Waals surface area contributed by atoms with Crippen molar-refractivity contribution in [2.45, 2.75) is 45.3 Å². The van der Waals surface area contributed by atoms with Gasteiger partial charge < -0.3 is 5.32 Å². The third-order valence-electron chi connectivity index (χ3n) is 3.15. The fraction of sp³-hybridized carbons (Fsp3) is 0.818. The number of sulfone groups is 1. The normalized spacial score (nSPS) is 23.4. The van der Waals surface area contributed by atoms with Crippen LogP contribution in [0.5, 0.6) is 0 Å². The van der Waals surface area contributed by atoms with Crippen LogP contribution in [0.15, 0.2) is 6.33 Å². The Morgan fingerprint density at radius 3 is 3.00 bits per heavy atom. The van der Waals surface area contributed by atoms with Crippen molar-refractivity contribution in [1.29, 1.82) is 0 Å². The van der Waals surface area contributed by atoms with Crippen LogP contribution in [0.4, 0.5) is 0 Å². The molecule has 1 N–H and O–H groups in total. The lowest BCUT2D eigenvalue weighted by Crippen LogP contribution is -2.40. The first kappa shape index (κ1) is 13.5. The van der Waals surface area contributed by atoms with E-state index in [9.17, 15) is 8.42 Å². The Morgan fingerprint density at radius 2 is 2.33 bits per heavy atom. The predicted molar refractivity (Wildman–Crippen MR) is 68.9 cm³/mol. The monoisotopic (exact) mass is 272 g/mol. The predicted octanol–water partition coefficient (Wildman–Crippen LogP) is 0.526. The van der Waals surface area contributed by atoms with Crippen molar-refractivity contribution in [3.8, 4) is 0 Å². The van der Waals surface area contributed by atoms with E-state index in [1.54, 1.807) is 0 Å². The summed E-state index contributed by atoms with van der Waals surface area (Å²) in [4.78, 5) is 4.20. The highest BCUT2D eigenvalue weighted by Gasteiger charge is 2.24. The molecule has 0 aliphatic carbocycles. The lowest BCUT2D eigenvalue weighted by molar-refractivity contribution is 0.445. The Kier molecular flexibility index (Phi) is 4.01. The molecule has 0 saturated carbocycles. The van der Waals surface area contributed by atoms with E-state index in [2.05, 4.69) is 15.4 Å². The topological polar surface area (TPSA) is 76.9 Å². The first-order valence-electron chi connectivity index (χ1n) is 6.30. The molecule has 0 spiro atoms. The summed E-state index contributed by atoms with van der Waals surface area (Å²) in [5.41, 5.74) is 0. The molecule has 0 radical (unpaired) electrons. The van der Waals surface area contributed by atoms with Crippen molar-refractivity contribution in [2.24, 2.45) is 0 Å². The van der Waals surface area contributed by atoms with E-state index >= 15 is 0 Å². The van der Waals surface area contributed by atoms with Gasteiger partial charge in [0.05, 0.1) is 18.1 Å². The van der Waals surface area contributed by atoms with E-state index in [1.165, 1.54) is 6.33 Å². The summed E-state index contributed by atoms with van der Waals surface area (Å²) in [6.45, 7) is 4.66. The second-order valence-electron chi connectivity index (χ2n) is 5.05. The largest absolute Gasteiger partial charge is 0.306 e. The van der Waals surface area contributed by atoms with E-state index < -0.39 is 9.84 Å². The van der Waals surface area contributed by atoms with E-state index in [-0.39, 0.29) is 17.8 Å². The number of hydrogen-bond acceptors (Lipinski definition) is 5. The zero-order valence-corrected chi connectivity index (χ0v) is 11.7. The molecule has 18 heavy (non-hydrogen) atoms. The summed E-state index contributed by atoms with van der Waals surface area (Å²) >= 11 is 0. The molecule has 0 bridgehead atoms. The molecule has 7 heteroatoms. The van der Waals surface area contributed by atoms with Gasteiger partial charge in [-0.2, -0.15) is 5.10 Å². The van der Waals surface area contributed by atoms with Crippen LogP contribution in [0, 0.1) is 0 Å². The van der Waals surface area contributed by atoms with Gasteiger partial charge in [0, 0.05) is 12.1 Å².